The van der Waals surface area contributed by atoms with Crippen LogP contribution in [0.4, 0.5) is 0 Å². The standard InChI is InChI=1S/C27H24N2O5/c1-16-4-3-5-18(13-19-6-7-21(26(30)31)14-22(19)27(32)33)23(16)15-34-25-9-8-20(12-17(25)2)24-10-11-28-29-24/h3-12,14H,13,15H2,1-2H3,(H,28,29)(H,30,31)(H,32,33). The van der Waals surface area contributed by atoms with Crippen LogP contribution in [0, 0.1) is 13.8 Å². The minimum atomic E-state index is -1.16. The highest BCUT2D eigenvalue weighted by atomic mass is 16.5. The Bertz CT molecular complexity index is 1360. The summed E-state index contributed by atoms with van der Waals surface area (Å²) in [5.41, 5.74) is 6.34. The molecule has 0 bridgehead atoms. The monoisotopic (exact) mass is 456 g/mol. The first-order valence-electron chi connectivity index (χ1n) is 10.7. The van der Waals surface area contributed by atoms with Crippen LogP contribution in [-0.4, -0.2) is 32.3 Å². The summed E-state index contributed by atoms with van der Waals surface area (Å²) in [6.07, 6.45) is 2.05. The highest BCUT2D eigenvalue weighted by Crippen LogP contribution is 2.27. The zero-order valence-corrected chi connectivity index (χ0v) is 18.8. The lowest BCUT2D eigenvalue weighted by Gasteiger charge is -2.16. The van der Waals surface area contributed by atoms with Gasteiger partial charge in [-0.3, -0.25) is 5.10 Å². The summed E-state index contributed by atoms with van der Waals surface area (Å²) in [5, 5.41) is 25.8. The van der Waals surface area contributed by atoms with Crippen LogP contribution in [0.2, 0.25) is 0 Å². The molecule has 7 nitrogen and oxygen atoms in total. The van der Waals surface area contributed by atoms with Crippen molar-refractivity contribution in [2.45, 2.75) is 26.9 Å². The average molecular weight is 456 g/mol. The Hall–Kier alpha value is -4.39. The van der Waals surface area contributed by atoms with Gasteiger partial charge in [-0.25, -0.2) is 9.59 Å². The Balaban J connectivity index is 1.59. The predicted molar refractivity (Wildman–Crippen MR) is 127 cm³/mol. The minimum absolute atomic E-state index is 0.0153. The van der Waals surface area contributed by atoms with E-state index in [1.54, 1.807) is 12.3 Å². The van der Waals surface area contributed by atoms with E-state index >= 15 is 0 Å². The number of ether oxygens (including phenoxy) is 1. The topological polar surface area (TPSA) is 113 Å². The molecule has 0 aliphatic carbocycles. The maximum atomic E-state index is 11.8. The zero-order valence-electron chi connectivity index (χ0n) is 18.8. The molecule has 1 aromatic heterocycles. The molecule has 0 aliphatic heterocycles. The van der Waals surface area contributed by atoms with E-state index < -0.39 is 11.9 Å². The van der Waals surface area contributed by atoms with Crippen molar-refractivity contribution in [3.63, 3.8) is 0 Å². The Morgan fingerprint density at radius 1 is 0.912 bits per heavy atom. The number of benzene rings is 3. The molecule has 0 amide bonds. The van der Waals surface area contributed by atoms with Crippen LogP contribution in [0.25, 0.3) is 11.3 Å². The molecule has 4 rings (SSSR count). The minimum Gasteiger partial charge on any atom is -0.489 e. The summed E-state index contributed by atoms with van der Waals surface area (Å²) < 4.78 is 6.16. The number of rotatable bonds is 8. The van der Waals surface area contributed by atoms with Crippen molar-refractivity contribution in [2.75, 3.05) is 0 Å². The molecule has 4 aromatic rings. The van der Waals surface area contributed by atoms with E-state index in [9.17, 15) is 19.8 Å². The number of carbonyl (C=O) groups is 2. The predicted octanol–water partition coefficient (Wildman–Crippen LogP) is 5.26. The van der Waals surface area contributed by atoms with Crippen molar-refractivity contribution in [3.8, 4) is 17.0 Å². The highest BCUT2D eigenvalue weighted by Gasteiger charge is 2.16. The Labute approximate surface area is 196 Å². The van der Waals surface area contributed by atoms with E-state index in [1.807, 2.05) is 56.3 Å². The van der Waals surface area contributed by atoms with Gasteiger partial charge in [0.1, 0.15) is 12.4 Å². The summed E-state index contributed by atoms with van der Waals surface area (Å²) in [5.74, 6) is -1.56. The lowest BCUT2D eigenvalue weighted by Crippen LogP contribution is -2.09. The number of hydrogen-bond acceptors (Lipinski definition) is 4. The normalized spacial score (nSPS) is 10.8. The van der Waals surface area contributed by atoms with Crippen molar-refractivity contribution >= 4 is 11.9 Å². The van der Waals surface area contributed by atoms with Gasteiger partial charge in [0.05, 0.1) is 16.8 Å². The average Bonchev–Trinajstić information content (AvgIpc) is 3.34. The number of carboxylic acids is 2. The molecular formula is C27H24N2O5. The molecule has 0 aliphatic rings. The lowest BCUT2D eigenvalue weighted by molar-refractivity contribution is 0.0695. The summed E-state index contributed by atoms with van der Waals surface area (Å²) in [6.45, 7) is 4.29. The summed E-state index contributed by atoms with van der Waals surface area (Å²) >= 11 is 0. The smallest absolute Gasteiger partial charge is 0.336 e. The summed E-state index contributed by atoms with van der Waals surface area (Å²) in [7, 11) is 0. The van der Waals surface area contributed by atoms with Crippen LogP contribution >= 0.6 is 0 Å². The first-order chi connectivity index (χ1) is 16.3. The molecule has 7 heteroatoms. The second kappa shape index (κ2) is 9.62. The molecule has 0 atom stereocenters. The molecule has 3 N–H and O–H groups in total. The Morgan fingerprint density at radius 3 is 2.41 bits per heavy atom. The Morgan fingerprint density at radius 2 is 1.74 bits per heavy atom. The number of aromatic nitrogens is 2. The van der Waals surface area contributed by atoms with Crippen LogP contribution in [0.15, 0.2) is 66.9 Å². The molecule has 0 radical (unpaired) electrons. The van der Waals surface area contributed by atoms with Crippen LogP contribution in [0.3, 0.4) is 0 Å². The highest BCUT2D eigenvalue weighted by molar-refractivity contribution is 5.95. The second-order valence-electron chi connectivity index (χ2n) is 8.11. The van der Waals surface area contributed by atoms with Gasteiger partial charge in [0.15, 0.2) is 0 Å². The van der Waals surface area contributed by atoms with Gasteiger partial charge in [0, 0.05) is 11.8 Å². The maximum absolute atomic E-state index is 11.8. The van der Waals surface area contributed by atoms with Gasteiger partial charge >= 0.3 is 11.9 Å². The van der Waals surface area contributed by atoms with E-state index in [2.05, 4.69) is 10.2 Å². The van der Waals surface area contributed by atoms with Crippen molar-refractivity contribution in [1.29, 1.82) is 0 Å². The van der Waals surface area contributed by atoms with Gasteiger partial charge < -0.3 is 14.9 Å². The van der Waals surface area contributed by atoms with E-state index in [-0.39, 0.29) is 11.1 Å². The van der Waals surface area contributed by atoms with E-state index in [0.717, 1.165) is 39.3 Å². The van der Waals surface area contributed by atoms with Gasteiger partial charge in [-0.2, -0.15) is 5.10 Å². The first kappa shape index (κ1) is 22.8. The van der Waals surface area contributed by atoms with Crippen LogP contribution < -0.4 is 4.74 Å². The number of H-pyrrole nitrogens is 1. The van der Waals surface area contributed by atoms with E-state index in [1.165, 1.54) is 12.1 Å². The molecule has 1 heterocycles. The molecule has 172 valence electrons. The fourth-order valence-electron chi connectivity index (χ4n) is 3.95. The third-order valence-corrected chi connectivity index (χ3v) is 5.83. The molecular weight excluding hydrogens is 432 g/mol. The fourth-order valence-corrected chi connectivity index (χ4v) is 3.95. The molecule has 0 spiro atoms. The maximum Gasteiger partial charge on any atom is 0.336 e. The molecule has 0 unspecified atom stereocenters. The van der Waals surface area contributed by atoms with Crippen LogP contribution in [-0.2, 0) is 13.0 Å². The lowest BCUT2D eigenvalue weighted by atomic mass is 9.93. The third kappa shape index (κ3) is 4.83. The van der Waals surface area contributed by atoms with Gasteiger partial charge in [-0.15, -0.1) is 0 Å². The molecule has 0 saturated carbocycles. The van der Waals surface area contributed by atoms with E-state index in [4.69, 9.17) is 4.74 Å². The molecule has 3 aromatic carbocycles. The van der Waals surface area contributed by atoms with Crippen LogP contribution in [0.5, 0.6) is 5.75 Å². The van der Waals surface area contributed by atoms with Gasteiger partial charge in [-0.05, 0) is 84.5 Å². The van der Waals surface area contributed by atoms with Gasteiger partial charge in [-0.1, -0.05) is 24.3 Å². The van der Waals surface area contributed by atoms with Crippen molar-refractivity contribution in [1.82, 2.24) is 10.2 Å². The van der Waals surface area contributed by atoms with E-state index in [0.29, 0.717) is 18.6 Å². The van der Waals surface area contributed by atoms with Crippen LogP contribution in [0.1, 0.15) is 48.5 Å². The summed E-state index contributed by atoms with van der Waals surface area (Å²) in [6, 6.07) is 17.9. The second-order valence-corrected chi connectivity index (χ2v) is 8.11. The number of aromatic amines is 1. The van der Waals surface area contributed by atoms with Crippen molar-refractivity contribution < 1.29 is 24.5 Å². The number of aryl methyl sites for hydroxylation is 2. The molecule has 34 heavy (non-hydrogen) atoms. The van der Waals surface area contributed by atoms with Gasteiger partial charge in [0.2, 0.25) is 0 Å². The summed E-state index contributed by atoms with van der Waals surface area (Å²) in [4.78, 5) is 23.0. The van der Waals surface area contributed by atoms with Crippen molar-refractivity contribution in [2.24, 2.45) is 0 Å². The van der Waals surface area contributed by atoms with Crippen molar-refractivity contribution in [3.05, 3.63) is 106 Å². The largest absolute Gasteiger partial charge is 0.489 e. The number of nitrogens with zero attached hydrogens (tertiary/aromatic N) is 1. The first-order valence-corrected chi connectivity index (χ1v) is 10.7. The SMILES string of the molecule is Cc1cc(-c2ccn[nH]2)ccc1OCc1c(C)cccc1Cc1ccc(C(=O)O)cc1C(=O)O. The quantitative estimate of drug-likeness (QED) is 0.333. The number of hydrogen-bond donors (Lipinski definition) is 3. The van der Waals surface area contributed by atoms with Gasteiger partial charge in [0.25, 0.3) is 0 Å². The molecule has 0 fully saturated rings. The Kier molecular flexibility index (Phi) is 6.45. The third-order valence-electron chi connectivity index (χ3n) is 5.83. The number of nitrogens with one attached hydrogen (secondary N) is 1. The zero-order chi connectivity index (χ0) is 24.2. The fraction of sp³-hybridized carbons (Fsp3) is 0.148. The number of aromatic carboxylic acids is 2. The number of carboxylic acid groups (broad SMARTS) is 2. The molecule has 0 saturated heterocycles.